The lowest BCUT2D eigenvalue weighted by Gasteiger charge is -2.30. The molecule has 0 aromatic carbocycles. The van der Waals surface area contributed by atoms with Crippen LogP contribution in [0.15, 0.2) is 12.2 Å². The number of aliphatic hydroxyl groups excluding tert-OH is 1. The number of allylic oxidation sites excluding steroid dienone is 1. The van der Waals surface area contributed by atoms with Gasteiger partial charge in [0.2, 0.25) is 0 Å². The summed E-state index contributed by atoms with van der Waals surface area (Å²) in [6.07, 6.45) is 3.67. The van der Waals surface area contributed by atoms with E-state index in [4.69, 9.17) is 0 Å². The standard InChI is InChI=1S/C13H26O/c1-10(13(5,6)7)11(14)8-9-12(2,3)4/h8-11,14H,1-7H3/b9-8+/t10-,11?/m0/s1. The SMILES string of the molecule is C[C@@H](C(O)/C=C/C(C)(C)C)C(C)(C)C. The van der Waals surface area contributed by atoms with Gasteiger partial charge in [0.05, 0.1) is 6.10 Å². The van der Waals surface area contributed by atoms with Crippen molar-refractivity contribution in [3.8, 4) is 0 Å². The average molecular weight is 198 g/mol. The number of aliphatic hydroxyl groups is 1. The molecule has 0 rings (SSSR count). The zero-order valence-electron chi connectivity index (χ0n) is 10.8. The molecular weight excluding hydrogens is 172 g/mol. The summed E-state index contributed by atoms with van der Waals surface area (Å²) in [5, 5.41) is 9.93. The molecule has 0 saturated carbocycles. The summed E-state index contributed by atoms with van der Waals surface area (Å²) in [4.78, 5) is 0. The van der Waals surface area contributed by atoms with Gasteiger partial charge >= 0.3 is 0 Å². The third-order valence-electron chi connectivity index (χ3n) is 2.67. The first-order valence-electron chi connectivity index (χ1n) is 5.41. The summed E-state index contributed by atoms with van der Waals surface area (Å²) >= 11 is 0. The van der Waals surface area contributed by atoms with Gasteiger partial charge in [-0.15, -0.1) is 0 Å². The topological polar surface area (TPSA) is 20.2 Å². The second kappa shape index (κ2) is 4.48. The van der Waals surface area contributed by atoms with Crippen LogP contribution in [-0.2, 0) is 0 Å². The predicted octanol–water partition coefficient (Wildman–Crippen LogP) is 3.63. The molecule has 0 bridgehead atoms. The summed E-state index contributed by atoms with van der Waals surface area (Å²) in [6.45, 7) is 15.0. The van der Waals surface area contributed by atoms with Crippen LogP contribution in [0.4, 0.5) is 0 Å². The monoisotopic (exact) mass is 198 g/mol. The minimum atomic E-state index is -0.339. The van der Waals surface area contributed by atoms with Crippen molar-refractivity contribution in [2.75, 3.05) is 0 Å². The molecule has 0 spiro atoms. The predicted molar refractivity (Wildman–Crippen MR) is 63.2 cm³/mol. The van der Waals surface area contributed by atoms with Crippen LogP contribution >= 0.6 is 0 Å². The molecule has 1 N–H and O–H groups in total. The Morgan fingerprint density at radius 3 is 1.71 bits per heavy atom. The Hall–Kier alpha value is -0.300. The van der Waals surface area contributed by atoms with E-state index in [2.05, 4.69) is 54.5 Å². The Kier molecular flexibility index (Phi) is 4.38. The van der Waals surface area contributed by atoms with E-state index in [1.807, 2.05) is 6.08 Å². The van der Waals surface area contributed by atoms with Gasteiger partial charge in [0, 0.05) is 0 Å². The second-order valence-corrected chi connectivity index (χ2v) is 6.37. The fourth-order valence-corrected chi connectivity index (χ4v) is 1.07. The third-order valence-corrected chi connectivity index (χ3v) is 2.67. The van der Waals surface area contributed by atoms with E-state index in [0.717, 1.165) is 0 Å². The normalized spacial score (nSPS) is 18.6. The third kappa shape index (κ3) is 5.43. The lowest BCUT2D eigenvalue weighted by Crippen LogP contribution is -2.28. The van der Waals surface area contributed by atoms with E-state index in [9.17, 15) is 5.11 Å². The quantitative estimate of drug-likeness (QED) is 0.672. The maximum absolute atomic E-state index is 9.93. The molecule has 14 heavy (non-hydrogen) atoms. The summed E-state index contributed by atoms with van der Waals surface area (Å²) in [5.74, 6) is 0.279. The van der Waals surface area contributed by atoms with Crippen LogP contribution in [0.3, 0.4) is 0 Å². The molecule has 1 unspecified atom stereocenters. The first-order chi connectivity index (χ1) is 6.04. The summed E-state index contributed by atoms with van der Waals surface area (Å²) in [6, 6.07) is 0. The molecule has 1 nitrogen and oxygen atoms in total. The molecule has 0 heterocycles. The lowest BCUT2D eigenvalue weighted by atomic mass is 9.78. The van der Waals surface area contributed by atoms with Gasteiger partial charge in [-0.25, -0.2) is 0 Å². The average Bonchev–Trinajstić information content (AvgIpc) is 1.95. The zero-order valence-corrected chi connectivity index (χ0v) is 10.8. The Labute approximate surface area is 89.2 Å². The van der Waals surface area contributed by atoms with E-state index in [0.29, 0.717) is 0 Å². The van der Waals surface area contributed by atoms with Crippen LogP contribution in [0, 0.1) is 16.7 Å². The van der Waals surface area contributed by atoms with Crippen LogP contribution in [0.2, 0.25) is 0 Å². The summed E-state index contributed by atoms with van der Waals surface area (Å²) in [5.41, 5.74) is 0.306. The van der Waals surface area contributed by atoms with Crippen LogP contribution in [0.25, 0.3) is 0 Å². The highest BCUT2D eigenvalue weighted by molar-refractivity contribution is 4.99. The minimum absolute atomic E-state index is 0.151. The van der Waals surface area contributed by atoms with E-state index < -0.39 is 0 Å². The smallest absolute Gasteiger partial charge is 0.0751 e. The van der Waals surface area contributed by atoms with Crippen LogP contribution in [0.5, 0.6) is 0 Å². The zero-order chi connectivity index (χ0) is 11.6. The van der Waals surface area contributed by atoms with Gasteiger partial charge in [-0.05, 0) is 16.7 Å². The molecule has 0 aromatic rings. The highest BCUT2D eigenvalue weighted by atomic mass is 16.3. The lowest BCUT2D eigenvalue weighted by molar-refractivity contribution is 0.0887. The summed E-state index contributed by atoms with van der Waals surface area (Å²) in [7, 11) is 0. The molecule has 1 heteroatoms. The van der Waals surface area contributed by atoms with E-state index >= 15 is 0 Å². The van der Waals surface area contributed by atoms with Crippen LogP contribution in [0.1, 0.15) is 48.5 Å². The van der Waals surface area contributed by atoms with Crippen molar-refractivity contribution in [1.82, 2.24) is 0 Å². The molecule has 0 aliphatic carbocycles. The largest absolute Gasteiger partial charge is 0.389 e. The number of hydrogen-bond donors (Lipinski definition) is 1. The molecule has 0 amide bonds. The van der Waals surface area contributed by atoms with Crippen LogP contribution in [-0.4, -0.2) is 11.2 Å². The second-order valence-electron chi connectivity index (χ2n) is 6.37. The molecular formula is C13H26O. The Balaban J connectivity index is 4.36. The van der Waals surface area contributed by atoms with E-state index in [1.54, 1.807) is 0 Å². The van der Waals surface area contributed by atoms with Gasteiger partial charge < -0.3 is 5.11 Å². The fourth-order valence-electron chi connectivity index (χ4n) is 1.07. The summed E-state index contributed by atoms with van der Waals surface area (Å²) < 4.78 is 0. The van der Waals surface area contributed by atoms with Gasteiger partial charge in [-0.3, -0.25) is 0 Å². The van der Waals surface area contributed by atoms with Gasteiger partial charge in [0.15, 0.2) is 0 Å². The number of hydrogen-bond acceptors (Lipinski definition) is 1. The van der Waals surface area contributed by atoms with Gasteiger partial charge in [0.1, 0.15) is 0 Å². The minimum Gasteiger partial charge on any atom is -0.389 e. The van der Waals surface area contributed by atoms with E-state index in [-0.39, 0.29) is 22.9 Å². The molecule has 0 fully saturated rings. The first-order valence-corrected chi connectivity index (χ1v) is 5.41. The maximum atomic E-state index is 9.93. The number of rotatable bonds is 2. The van der Waals surface area contributed by atoms with Crippen molar-refractivity contribution in [3.05, 3.63) is 12.2 Å². The van der Waals surface area contributed by atoms with Crippen molar-refractivity contribution in [2.45, 2.75) is 54.6 Å². The molecule has 84 valence electrons. The van der Waals surface area contributed by atoms with Crippen molar-refractivity contribution in [1.29, 1.82) is 0 Å². The highest BCUT2D eigenvalue weighted by Gasteiger charge is 2.25. The molecule has 0 saturated heterocycles. The van der Waals surface area contributed by atoms with Crippen molar-refractivity contribution in [2.24, 2.45) is 16.7 Å². The van der Waals surface area contributed by atoms with Gasteiger partial charge in [-0.2, -0.15) is 0 Å². The fraction of sp³-hybridized carbons (Fsp3) is 0.846. The van der Waals surface area contributed by atoms with E-state index in [1.165, 1.54) is 0 Å². The molecule has 0 radical (unpaired) electrons. The van der Waals surface area contributed by atoms with Crippen molar-refractivity contribution >= 4 is 0 Å². The molecule has 2 atom stereocenters. The van der Waals surface area contributed by atoms with Crippen molar-refractivity contribution < 1.29 is 5.11 Å². The Morgan fingerprint density at radius 1 is 1.00 bits per heavy atom. The molecule has 0 aliphatic rings. The van der Waals surface area contributed by atoms with Gasteiger partial charge in [-0.1, -0.05) is 60.6 Å². The maximum Gasteiger partial charge on any atom is 0.0751 e. The molecule has 0 aliphatic heterocycles. The Bertz CT molecular complexity index is 190. The first kappa shape index (κ1) is 13.7. The van der Waals surface area contributed by atoms with Crippen LogP contribution < -0.4 is 0 Å². The van der Waals surface area contributed by atoms with Gasteiger partial charge in [0.25, 0.3) is 0 Å². The Morgan fingerprint density at radius 2 is 1.43 bits per heavy atom. The molecule has 0 aromatic heterocycles. The van der Waals surface area contributed by atoms with Crippen molar-refractivity contribution in [3.63, 3.8) is 0 Å². The highest BCUT2D eigenvalue weighted by Crippen LogP contribution is 2.29.